The van der Waals surface area contributed by atoms with Gasteiger partial charge >= 0.3 is 6.18 Å². The van der Waals surface area contributed by atoms with Crippen LogP contribution in [0.2, 0.25) is 0 Å². The lowest BCUT2D eigenvalue weighted by Gasteiger charge is -2.46. The third-order valence-electron chi connectivity index (χ3n) is 7.78. The summed E-state index contributed by atoms with van der Waals surface area (Å²) in [4.78, 5) is 10.8. The first-order valence-electron chi connectivity index (χ1n) is 13.7. The van der Waals surface area contributed by atoms with Gasteiger partial charge in [0.05, 0.1) is 16.9 Å². The zero-order chi connectivity index (χ0) is 29.0. The van der Waals surface area contributed by atoms with E-state index in [1.807, 2.05) is 31.9 Å². The summed E-state index contributed by atoms with van der Waals surface area (Å²) in [6, 6.07) is 13.2. The molecule has 1 aromatic heterocycles. The number of ether oxygens (including phenoxy) is 1. The molecule has 1 saturated heterocycles. The SMILES string of the molecule is CCCCCOC1C(C#N)=C(N2CCN(C(C)c3cccc(C(F)(F)F)c3)[C@H](C)C2)c2nc(C#N)ccc2N1C. The van der Waals surface area contributed by atoms with Gasteiger partial charge in [-0.05, 0) is 50.1 Å². The minimum atomic E-state index is -4.40. The fourth-order valence-corrected chi connectivity index (χ4v) is 5.62. The zero-order valence-corrected chi connectivity index (χ0v) is 23.4. The van der Waals surface area contributed by atoms with Crippen LogP contribution in [0.1, 0.15) is 68.6 Å². The zero-order valence-electron chi connectivity index (χ0n) is 23.4. The summed E-state index contributed by atoms with van der Waals surface area (Å²) in [7, 11) is 1.86. The number of unbranched alkanes of at least 4 members (excludes halogenated alkanes) is 2. The Labute approximate surface area is 234 Å². The highest BCUT2D eigenvalue weighted by atomic mass is 19.4. The van der Waals surface area contributed by atoms with Gasteiger partial charge in [-0.15, -0.1) is 0 Å². The summed E-state index contributed by atoms with van der Waals surface area (Å²) in [5, 5.41) is 19.9. The Morgan fingerprint density at radius 3 is 2.55 bits per heavy atom. The van der Waals surface area contributed by atoms with Crippen LogP contribution in [0.4, 0.5) is 18.9 Å². The second kappa shape index (κ2) is 12.3. The van der Waals surface area contributed by atoms with Crippen molar-refractivity contribution in [2.45, 2.75) is 64.5 Å². The maximum atomic E-state index is 13.3. The Morgan fingerprint density at radius 2 is 1.90 bits per heavy atom. The molecule has 1 fully saturated rings. The van der Waals surface area contributed by atoms with Crippen LogP contribution >= 0.6 is 0 Å². The van der Waals surface area contributed by atoms with Crippen molar-refractivity contribution in [2.24, 2.45) is 0 Å². The van der Waals surface area contributed by atoms with E-state index in [4.69, 9.17) is 4.74 Å². The van der Waals surface area contributed by atoms with E-state index in [9.17, 15) is 23.7 Å². The molecule has 3 heterocycles. The number of hydrogen-bond donors (Lipinski definition) is 0. The molecule has 3 atom stereocenters. The summed E-state index contributed by atoms with van der Waals surface area (Å²) < 4.78 is 46.3. The number of anilines is 1. The number of fused-ring (bicyclic) bond motifs is 1. The van der Waals surface area contributed by atoms with Gasteiger partial charge in [-0.1, -0.05) is 31.9 Å². The molecule has 1 aromatic carbocycles. The van der Waals surface area contributed by atoms with Gasteiger partial charge in [-0.3, -0.25) is 4.90 Å². The summed E-state index contributed by atoms with van der Waals surface area (Å²) in [5.41, 5.74) is 2.66. The van der Waals surface area contributed by atoms with Crippen molar-refractivity contribution in [2.75, 3.05) is 38.2 Å². The van der Waals surface area contributed by atoms with Gasteiger partial charge in [0.1, 0.15) is 29.1 Å². The van der Waals surface area contributed by atoms with Crippen LogP contribution in [0.15, 0.2) is 42.0 Å². The van der Waals surface area contributed by atoms with Crippen molar-refractivity contribution in [3.8, 4) is 12.1 Å². The number of likely N-dealkylation sites (N-methyl/N-ethyl adjacent to an activating group) is 1. The van der Waals surface area contributed by atoms with Gasteiger partial charge in [0.25, 0.3) is 0 Å². The number of benzene rings is 1. The highest BCUT2D eigenvalue weighted by molar-refractivity contribution is 5.82. The summed E-state index contributed by atoms with van der Waals surface area (Å²) >= 11 is 0. The van der Waals surface area contributed by atoms with Gasteiger partial charge in [-0.2, -0.15) is 23.7 Å². The number of nitriles is 2. The number of alkyl halides is 3. The number of rotatable bonds is 8. The number of aromatic nitrogens is 1. The molecule has 0 amide bonds. The van der Waals surface area contributed by atoms with Crippen molar-refractivity contribution in [1.29, 1.82) is 10.5 Å². The highest BCUT2D eigenvalue weighted by Crippen LogP contribution is 2.40. The monoisotopic (exact) mass is 552 g/mol. The first kappa shape index (κ1) is 29.4. The minimum absolute atomic E-state index is 0.0306. The Balaban J connectivity index is 1.64. The lowest BCUT2D eigenvalue weighted by molar-refractivity contribution is -0.137. The number of piperazine rings is 1. The van der Waals surface area contributed by atoms with Crippen LogP contribution in [0.3, 0.4) is 0 Å². The fourth-order valence-electron chi connectivity index (χ4n) is 5.62. The Kier molecular flexibility index (Phi) is 9.02. The van der Waals surface area contributed by atoms with Gasteiger partial charge < -0.3 is 14.5 Å². The molecular weight excluding hydrogens is 517 g/mol. The van der Waals surface area contributed by atoms with E-state index in [2.05, 4.69) is 33.8 Å². The average Bonchev–Trinajstić information content (AvgIpc) is 2.95. The second-order valence-electron chi connectivity index (χ2n) is 10.4. The number of halogens is 3. The summed E-state index contributed by atoms with van der Waals surface area (Å²) in [6.07, 6.45) is -2.01. The van der Waals surface area contributed by atoms with Crippen molar-refractivity contribution in [3.63, 3.8) is 0 Å². The summed E-state index contributed by atoms with van der Waals surface area (Å²) in [6.45, 7) is 8.25. The van der Waals surface area contributed by atoms with Crippen LogP contribution in [-0.2, 0) is 10.9 Å². The van der Waals surface area contributed by atoms with Crippen molar-refractivity contribution in [1.82, 2.24) is 14.8 Å². The molecular formula is C30H35F3N6O. The van der Waals surface area contributed by atoms with Crippen LogP contribution in [0.5, 0.6) is 0 Å². The molecule has 0 saturated carbocycles. The smallest absolute Gasteiger partial charge is 0.366 e. The average molecular weight is 553 g/mol. The molecule has 2 aliphatic rings. The molecule has 2 aliphatic heterocycles. The van der Waals surface area contributed by atoms with Gasteiger partial charge in [0.15, 0.2) is 6.23 Å². The van der Waals surface area contributed by atoms with E-state index in [0.717, 1.165) is 31.0 Å². The second-order valence-corrected chi connectivity index (χ2v) is 10.4. The normalized spacial score (nSPS) is 20.6. The van der Waals surface area contributed by atoms with Gasteiger partial charge in [0, 0.05) is 45.4 Å². The topological polar surface area (TPSA) is 79.4 Å². The first-order valence-corrected chi connectivity index (χ1v) is 13.7. The standard InChI is InChI=1S/C30H35F3N6O/c1-5-6-7-15-40-29-25(18-35)28(27-26(37(29)4)12-11-24(17-34)36-27)38-13-14-39(20(2)19-38)21(3)22-9-8-10-23(16-22)30(31,32)33/h8-12,16,20-21,29H,5-7,13-15,19H2,1-4H3/t20-,21?,29?/m1/s1. The van der Waals surface area contributed by atoms with Crippen LogP contribution in [-0.4, -0.2) is 60.3 Å². The number of nitrogens with zero attached hydrogens (tertiary/aromatic N) is 6. The van der Waals surface area contributed by atoms with E-state index < -0.39 is 18.0 Å². The maximum absolute atomic E-state index is 13.3. The molecule has 7 nitrogen and oxygen atoms in total. The van der Waals surface area contributed by atoms with Crippen molar-refractivity contribution < 1.29 is 17.9 Å². The van der Waals surface area contributed by atoms with E-state index in [0.29, 0.717) is 48.8 Å². The lowest BCUT2D eigenvalue weighted by Crippen LogP contribution is -2.53. The quantitative estimate of drug-likeness (QED) is 0.374. The Morgan fingerprint density at radius 1 is 1.12 bits per heavy atom. The molecule has 0 radical (unpaired) electrons. The fraction of sp³-hybridized carbons (Fsp3) is 0.500. The molecule has 0 N–H and O–H groups in total. The highest BCUT2D eigenvalue weighted by Gasteiger charge is 2.39. The molecule has 4 rings (SSSR count). The largest absolute Gasteiger partial charge is 0.416 e. The van der Waals surface area contributed by atoms with E-state index in [1.54, 1.807) is 12.1 Å². The van der Waals surface area contributed by atoms with Crippen LogP contribution in [0, 0.1) is 22.7 Å². The van der Waals surface area contributed by atoms with Gasteiger partial charge in [-0.25, -0.2) is 4.98 Å². The third kappa shape index (κ3) is 5.94. The molecule has 40 heavy (non-hydrogen) atoms. The van der Waals surface area contributed by atoms with E-state index in [1.165, 1.54) is 12.1 Å². The molecule has 10 heteroatoms. The van der Waals surface area contributed by atoms with Crippen LogP contribution < -0.4 is 4.90 Å². The van der Waals surface area contributed by atoms with Crippen molar-refractivity contribution >= 4 is 11.4 Å². The minimum Gasteiger partial charge on any atom is -0.366 e. The lowest BCUT2D eigenvalue weighted by atomic mass is 9.97. The molecule has 0 bridgehead atoms. The number of pyridine rings is 1. The molecule has 212 valence electrons. The maximum Gasteiger partial charge on any atom is 0.416 e. The molecule has 2 aromatic rings. The van der Waals surface area contributed by atoms with Gasteiger partial charge in [0.2, 0.25) is 0 Å². The third-order valence-corrected chi connectivity index (χ3v) is 7.78. The predicted molar refractivity (Wildman–Crippen MR) is 147 cm³/mol. The van der Waals surface area contributed by atoms with E-state index in [-0.39, 0.29) is 17.8 Å². The number of hydrogen-bond acceptors (Lipinski definition) is 7. The van der Waals surface area contributed by atoms with Crippen LogP contribution in [0.25, 0.3) is 5.70 Å². The first-order chi connectivity index (χ1) is 19.1. The Hall–Kier alpha value is -3.60. The predicted octanol–water partition coefficient (Wildman–Crippen LogP) is 5.96. The molecule has 0 spiro atoms. The molecule has 2 unspecified atom stereocenters. The molecule has 0 aliphatic carbocycles. The Bertz CT molecular complexity index is 1330. The summed E-state index contributed by atoms with van der Waals surface area (Å²) in [5.74, 6) is 0. The van der Waals surface area contributed by atoms with Crippen molar-refractivity contribution in [3.05, 3.63) is 64.5 Å². The van der Waals surface area contributed by atoms with E-state index >= 15 is 0 Å².